The van der Waals surface area contributed by atoms with Gasteiger partial charge in [0.2, 0.25) is 6.79 Å². The Bertz CT molecular complexity index is 739. The third-order valence-electron chi connectivity index (χ3n) is 3.90. The largest absolute Gasteiger partial charge is 0.457 e. The molecule has 1 aliphatic heterocycles. The van der Waals surface area contributed by atoms with Crippen LogP contribution in [0.4, 0.5) is 0 Å². The molecule has 1 atom stereocenters. The van der Waals surface area contributed by atoms with E-state index in [1.807, 2.05) is 37.3 Å². The first-order valence-corrected chi connectivity index (χ1v) is 7.77. The first-order valence-electron chi connectivity index (χ1n) is 7.77. The molecule has 0 spiro atoms. The van der Waals surface area contributed by atoms with Crippen molar-refractivity contribution in [2.24, 2.45) is 0 Å². The molecule has 0 bridgehead atoms. The number of ether oxygens (including phenoxy) is 3. The van der Waals surface area contributed by atoms with Gasteiger partial charge in [-0.3, -0.25) is 9.59 Å². The van der Waals surface area contributed by atoms with Crippen molar-refractivity contribution in [1.29, 1.82) is 0 Å². The lowest BCUT2D eigenvalue weighted by Crippen LogP contribution is -2.15. The molecule has 0 amide bonds. The Morgan fingerprint density at radius 1 is 1.08 bits per heavy atom. The third-order valence-corrected chi connectivity index (χ3v) is 3.90. The molecule has 0 aromatic heterocycles. The Balaban J connectivity index is 1.51. The minimum atomic E-state index is -0.388. The molecule has 1 heterocycles. The summed E-state index contributed by atoms with van der Waals surface area (Å²) in [6, 6.07) is 14.6. The Hall–Kier alpha value is -2.82. The zero-order valence-electron chi connectivity index (χ0n) is 13.4. The summed E-state index contributed by atoms with van der Waals surface area (Å²) in [6.45, 7) is 1.83. The Morgan fingerprint density at radius 2 is 1.83 bits per heavy atom. The van der Waals surface area contributed by atoms with Gasteiger partial charge in [0.25, 0.3) is 0 Å². The van der Waals surface area contributed by atoms with E-state index in [4.69, 9.17) is 14.2 Å². The molecule has 1 aliphatic rings. The van der Waals surface area contributed by atoms with Crippen LogP contribution in [-0.2, 0) is 9.53 Å². The molecule has 2 aromatic carbocycles. The maximum atomic E-state index is 12.1. The van der Waals surface area contributed by atoms with Gasteiger partial charge >= 0.3 is 5.97 Å². The van der Waals surface area contributed by atoms with Crippen molar-refractivity contribution in [2.75, 3.05) is 13.4 Å². The fraction of sp³-hybridized carbons (Fsp3) is 0.263. The first kappa shape index (κ1) is 16.1. The standard InChI is InChI=1S/C19H18O5/c1-13(14-5-3-2-4-6-14)9-19(21)22-11-16(20)15-7-8-17-18(10-15)24-12-23-17/h2-8,10,13H,9,11-12H2,1H3/t13-/m1/s1. The summed E-state index contributed by atoms with van der Waals surface area (Å²) < 4.78 is 15.5. The highest BCUT2D eigenvalue weighted by Gasteiger charge is 2.18. The van der Waals surface area contributed by atoms with Gasteiger partial charge in [0.05, 0.1) is 6.42 Å². The molecule has 0 unspecified atom stereocenters. The monoisotopic (exact) mass is 326 g/mol. The molecule has 24 heavy (non-hydrogen) atoms. The molecular formula is C19H18O5. The number of fused-ring (bicyclic) bond motifs is 1. The molecule has 0 fully saturated rings. The summed E-state index contributed by atoms with van der Waals surface area (Å²) in [5.41, 5.74) is 1.50. The Labute approximate surface area is 140 Å². The molecule has 5 nitrogen and oxygen atoms in total. The average Bonchev–Trinajstić information content (AvgIpc) is 3.08. The van der Waals surface area contributed by atoms with E-state index >= 15 is 0 Å². The van der Waals surface area contributed by atoms with E-state index in [-0.39, 0.29) is 37.5 Å². The van der Waals surface area contributed by atoms with E-state index in [2.05, 4.69) is 0 Å². The predicted octanol–water partition coefficient (Wildman–Crippen LogP) is 3.34. The van der Waals surface area contributed by atoms with Crippen molar-refractivity contribution in [3.63, 3.8) is 0 Å². The summed E-state index contributed by atoms with van der Waals surface area (Å²) in [5.74, 6) is 0.527. The number of esters is 1. The number of hydrogen-bond donors (Lipinski definition) is 0. The van der Waals surface area contributed by atoms with Crippen molar-refractivity contribution in [3.05, 3.63) is 59.7 Å². The summed E-state index contributed by atoms with van der Waals surface area (Å²) in [7, 11) is 0. The van der Waals surface area contributed by atoms with E-state index < -0.39 is 0 Å². The van der Waals surface area contributed by atoms with E-state index in [0.29, 0.717) is 17.1 Å². The van der Waals surface area contributed by atoms with E-state index in [0.717, 1.165) is 5.56 Å². The average molecular weight is 326 g/mol. The lowest BCUT2D eigenvalue weighted by molar-refractivity contribution is -0.142. The zero-order valence-corrected chi connectivity index (χ0v) is 13.4. The minimum Gasteiger partial charge on any atom is -0.457 e. The van der Waals surface area contributed by atoms with Crippen molar-refractivity contribution in [1.82, 2.24) is 0 Å². The van der Waals surface area contributed by atoms with Crippen molar-refractivity contribution in [3.8, 4) is 11.5 Å². The van der Waals surface area contributed by atoms with Crippen molar-refractivity contribution in [2.45, 2.75) is 19.3 Å². The molecule has 0 aliphatic carbocycles. The van der Waals surface area contributed by atoms with Crippen LogP contribution in [0.2, 0.25) is 0 Å². The summed E-state index contributed by atoms with van der Waals surface area (Å²) in [4.78, 5) is 24.1. The Morgan fingerprint density at radius 3 is 2.62 bits per heavy atom. The van der Waals surface area contributed by atoms with Gasteiger partial charge in [0, 0.05) is 5.56 Å². The second kappa shape index (κ2) is 7.17. The van der Waals surface area contributed by atoms with Crippen LogP contribution in [0.3, 0.4) is 0 Å². The SMILES string of the molecule is C[C@H](CC(=O)OCC(=O)c1ccc2c(c1)OCO2)c1ccccc1. The van der Waals surface area contributed by atoms with Crippen LogP contribution in [-0.4, -0.2) is 25.2 Å². The number of benzene rings is 2. The quantitative estimate of drug-likeness (QED) is 0.602. The predicted molar refractivity (Wildman–Crippen MR) is 87.3 cm³/mol. The molecule has 2 aromatic rings. The number of rotatable bonds is 6. The van der Waals surface area contributed by atoms with Crippen LogP contribution in [0.15, 0.2) is 48.5 Å². The van der Waals surface area contributed by atoms with Gasteiger partial charge < -0.3 is 14.2 Å². The first-order chi connectivity index (χ1) is 11.6. The maximum absolute atomic E-state index is 12.1. The molecule has 0 saturated carbocycles. The molecule has 5 heteroatoms. The van der Waals surface area contributed by atoms with Gasteiger partial charge in [0.15, 0.2) is 23.9 Å². The van der Waals surface area contributed by atoms with Gasteiger partial charge in [-0.2, -0.15) is 0 Å². The lowest BCUT2D eigenvalue weighted by Gasteiger charge is -2.11. The third kappa shape index (κ3) is 3.74. The second-order valence-electron chi connectivity index (χ2n) is 5.67. The number of hydrogen-bond acceptors (Lipinski definition) is 5. The highest BCUT2D eigenvalue weighted by atomic mass is 16.7. The highest BCUT2D eigenvalue weighted by molar-refractivity contribution is 5.98. The van der Waals surface area contributed by atoms with Crippen LogP contribution in [0.25, 0.3) is 0 Å². The molecule has 124 valence electrons. The van der Waals surface area contributed by atoms with E-state index in [1.54, 1.807) is 18.2 Å². The van der Waals surface area contributed by atoms with Crippen LogP contribution >= 0.6 is 0 Å². The maximum Gasteiger partial charge on any atom is 0.306 e. The summed E-state index contributed by atoms with van der Waals surface area (Å²) in [5, 5.41) is 0. The van der Waals surface area contributed by atoms with Crippen molar-refractivity contribution < 1.29 is 23.8 Å². The molecule has 0 radical (unpaired) electrons. The van der Waals surface area contributed by atoms with Crippen molar-refractivity contribution >= 4 is 11.8 Å². The number of carbonyl (C=O) groups is 2. The van der Waals surface area contributed by atoms with Gasteiger partial charge in [-0.25, -0.2) is 0 Å². The number of Topliss-reactive ketones (excluding diaryl/α,β-unsaturated/α-hetero) is 1. The van der Waals surface area contributed by atoms with E-state index in [1.165, 1.54) is 0 Å². The van der Waals surface area contributed by atoms with Crippen LogP contribution in [0.5, 0.6) is 11.5 Å². The topological polar surface area (TPSA) is 61.8 Å². The fourth-order valence-electron chi connectivity index (χ4n) is 2.51. The number of carbonyl (C=O) groups excluding carboxylic acids is 2. The second-order valence-corrected chi connectivity index (χ2v) is 5.67. The highest BCUT2D eigenvalue weighted by Crippen LogP contribution is 2.32. The number of ketones is 1. The minimum absolute atomic E-state index is 0.0411. The smallest absolute Gasteiger partial charge is 0.306 e. The van der Waals surface area contributed by atoms with Gasteiger partial charge in [0.1, 0.15) is 0 Å². The van der Waals surface area contributed by atoms with Crippen LogP contribution in [0, 0.1) is 0 Å². The van der Waals surface area contributed by atoms with E-state index in [9.17, 15) is 9.59 Å². The van der Waals surface area contributed by atoms with Gasteiger partial charge in [-0.05, 0) is 29.7 Å². The Kier molecular flexibility index (Phi) is 4.79. The fourth-order valence-corrected chi connectivity index (χ4v) is 2.51. The van der Waals surface area contributed by atoms with Gasteiger partial charge in [-0.15, -0.1) is 0 Å². The molecule has 3 rings (SSSR count). The molecule has 0 saturated heterocycles. The van der Waals surface area contributed by atoms with Crippen LogP contribution in [0.1, 0.15) is 35.2 Å². The summed E-state index contributed by atoms with van der Waals surface area (Å²) >= 11 is 0. The molecule has 0 N–H and O–H groups in total. The lowest BCUT2D eigenvalue weighted by atomic mass is 9.98. The molecular weight excluding hydrogens is 308 g/mol. The normalized spacial score (nSPS) is 13.4. The van der Waals surface area contributed by atoms with Crippen LogP contribution < -0.4 is 9.47 Å². The zero-order chi connectivity index (χ0) is 16.9. The summed E-state index contributed by atoms with van der Waals surface area (Å²) in [6.07, 6.45) is 0.235. The van der Waals surface area contributed by atoms with Gasteiger partial charge in [-0.1, -0.05) is 37.3 Å².